The van der Waals surface area contributed by atoms with Crippen LogP contribution in [-0.2, 0) is 5.41 Å². The molecule has 0 amide bonds. The van der Waals surface area contributed by atoms with Crippen molar-refractivity contribution in [3.63, 3.8) is 0 Å². The van der Waals surface area contributed by atoms with Crippen molar-refractivity contribution >= 4 is 11.6 Å². The first-order chi connectivity index (χ1) is 6.45. The van der Waals surface area contributed by atoms with Gasteiger partial charge in [-0.15, -0.1) is 0 Å². The molecule has 0 saturated heterocycles. The van der Waals surface area contributed by atoms with Crippen LogP contribution in [0.15, 0.2) is 18.2 Å². The molecule has 0 N–H and O–H groups in total. The fourth-order valence-corrected chi connectivity index (χ4v) is 1.48. The van der Waals surface area contributed by atoms with Crippen LogP contribution in [0.2, 0.25) is 5.02 Å². The highest BCUT2D eigenvalue weighted by Gasteiger charge is 2.15. The molecule has 0 radical (unpaired) electrons. The monoisotopic (exact) mass is 212 g/mol. The van der Waals surface area contributed by atoms with E-state index in [9.17, 15) is 0 Å². The van der Waals surface area contributed by atoms with E-state index in [-0.39, 0.29) is 5.41 Å². The van der Waals surface area contributed by atoms with Crippen LogP contribution in [-0.4, -0.2) is 6.61 Å². The van der Waals surface area contributed by atoms with Crippen molar-refractivity contribution in [3.05, 3.63) is 28.8 Å². The average Bonchev–Trinajstić information content (AvgIpc) is 2.07. The molecule has 2 heteroatoms. The average molecular weight is 213 g/mol. The molecule has 1 rings (SSSR count). The minimum atomic E-state index is 0.133. The van der Waals surface area contributed by atoms with Crippen LogP contribution < -0.4 is 4.74 Å². The fourth-order valence-electron chi connectivity index (χ4n) is 1.24. The van der Waals surface area contributed by atoms with E-state index >= 15 is 0 Å². The second kappa shape index (κ2) is 4.22. The van der Waals surface area contributed by atoms with Gasteiger partial charge in [-0.25, -0.2) is 0 Å². The predicted octanol–water partition coefficient (Wildman–Crippen LogP) is 4.04. The molecule has 1 aromatic rings. The van der Waals surface area contributed by atoms with Crippen molar-refractivity contribution in [2.45, 2.75) is 33.1 Å². The number of halogens is 1. The minimum absolute atomic E-state index is 0.133. The van der Waals surface area contributed by atoms with Gasteiger partial charge in [0, 0.05) is 0 Å². The lowest BCUT2D eigenvalue weighted by Gasteiger charge is -2.19. The Morgan fingerprint density at radius 3 is 2.36 bits per heavy atom. The lowest BCUT2D eigenvalue weighted by molar-refractivity contribution is 0.340. The summed E-state index contributed by atoms with van der Waals surface area (Å²) in [6.45, 7) is 9.10. The summed E-state index contributed by atoms with van der Waals surface area (Å²) in [7, 11) is 0. The quantitative estimate of drug-likeness (QED) is 0.719. The van der Waals surface area contributed by atoms with Gasteiger partial charge in [0.05, 0.1) is 11.6 Å². The fraction of sp³-hybridized carbons (Fsp3) is 0.500. The molecule has 0 atom stereocenters. The van der Waals surface area contributed by atoms with Crippen molar-refractivity contribution in [3.8, 4) is 5.75 Å². The molecule has 0 bridgehead atoms. The van der Waals surface area contributed by atoms with E-state index in [0.29, 0.717) is 11.6 Å². The normalized spacial score (nSPS) is 11.5. The summed E-state index contributed by atoms with van der Waals surface area (Å²) in [6.07, 6.45) is 0. The van der Waals surface area contributed by atoms with Crippen LogP contribution in [0.25, 0.3) is 0 Å². The largest absolute Gasteiger partial charge is 0.492 e. The Morgan fingerprint density at radius 2 is 1.93 bits per heavy atom. The van der Waals surface area contributed by atoms with Crippen LogP contribution >= 0.6 is 11.6 Å². The molecule has 14 heavy (non-hydrogen) atoms. The first-order valence-electron chi connectivity index (χ1n) is 4.88. The summed E-state index contributed by atoms with van der Waals surface area (Å²) < 4.78 is 5.37. The maximum absolute atomic E-state index is 6.09. The molecule has 1 nitrogen and oxygen atoms in total. The van der Waals surface area contributed by atoms with Crippen LogP contribution in [0.5, 0.6) is 5.75 Å². The van der Waals surface area contributed by atoms with Gasteiger partial charge in [-0.1, -0.05) is 38.4 Å². The molecule has 0 spiro atoms. The van der Waals surface area contributed by atoms with E-state index in [1.807, 2.05) is 19.1 Å². The molecule has 0 unspecified atom stereocenters. The van der Waals surface area contributed by atoms with E-state index < -0.39 is 0 Å². The summed E-state index contributed by atoms with van der Waals surface area (Å²) in [6, 6.07) is 5.98. The Hall–Kier alpha value is -0.690. The van der Waals surface area contributed by atoms with Gasteiger partial charge in [0.15, 0.2) is 0 Å². The zero-order chi connectivity index (χ0) is 10.8. The van der Waals surface area contributed by atoms with Crippen molar-refractivity contribution in [2.24, 2.45) is 0 Å². The lowest BCUT2D eigenvalue weighted by Crippen LogP contribution is -2.10. The Labute approximate surface area is 91.0 Å². The number of hydrogen-bond acceptors (Lipinski definition) is 1. The summed E-state index contributed by atoms with van der Waals surface area (Å²) in [5.41, 5.74) is 1.36. The number of hydrogen-bond donors (Lipinski definition) is 0. The minimum Gasteiger partial charge on any atom is -0.492 e. The van der Waals surface area contributed by atoms with E-state index in [4.69, 9.17) is 16.3 Å². The van der Waals surface area contributed by atoms with E-state index in [1.54, 1.807) is 0 Å². The zero-order valence-electron chi connectivity index (χ0n) is 9.23. The second-order valence-electron chi connectivity index (χ2n) is 4.33. The molecular formula is C12H17ClO. The molecule has 0 aliphatic rings. The second-order valence-corrected chi connectivity index (χ2v) is 4.74. The van der Waals surface area contributed by atoms with E-state index in [0.717, 1.165) is 5.75 Å². The lowest BCUT2D eigenvalue weighted by atomic mass is 9.87. The van der Waals surface area contributed by atoms with Gasteiger partial charge < -0.3 is 4.74 Å². The first-order valence-corrected chi connectivity index (χ1v) is 5.25. The molecule has 0 aliphatic heterocycles. The SMILES string of the molecule is CCOc1ccc(C(C)(C)C)cc1Cl. The third kappa shape index (κ3) is 2.65. The Kier molecular flexibility index (Phi) is 3.43. The van der Waals surface area contributed by atoms with Crippen LogP contribution in [0.1, 0.15) is 33.3 Å². The topological polar surface area (TPSA) is 9.23 Å². The van der Waals surface area contributed by atoms with Crippen molar-refractivity contribution in [1.82, 2.24) is 0 Å². The van der Waals surface area contributed by atoms with Gasteiger partial charge in [0.25, 0.3) is 0 Å². The highest BCUT2D eigenvalue weighted by atomic mass is 35.5. The Bertz CT molecular complexity index is 313. The van der Waals surface area contributed by atoms with Gasteiger partial charge in [0.1, 0.15) is 5.75 Å². The van der Waals surface area contributed by atoms with Gasteiger partial charge in [-0.3, -0.25) is 0 Å². The number of ether oxygens (including phenoxy) is 1. The third-order valence-corrected chi connectivity index (χ3v) is 2.39. The predicted molar refractivity (Wildman–Crippen MR) is 61.3 cm³/mol. The molecule has 0 aromatic heterocycles. The molecule has 0 heterocycles. The van der Waals surface area contributed by atoms with Crippen molar-refractivity contribution in [1.29, 1.82) is 0 Å². The van der Waals surface area contributed by atoms with E-state index in [2.05, 4.69) is 26.8 Å². The molecule has 0 aliphatic carbocycles. The highest BCUT2D eigenvalue weighted by Crippen LogP contribution is 2.30. The van der Waals surface area contributed by atoms with Gasteiger partial charge >= 0.3 is 0 Å². The van der Waals surface area contributed by atoms with Gasteiger partial charge in [-0.05, 0) is 30.0 Å². The van der Waals surface area contributed by atoms with Gasteiger partial charge in [-0.2, -0.15) is 0 Å². The maximum Gasteiger partial charge on any atom is 0.137 e. The van der Waals surface area contributed by atoms with Crippen molar-refractivity contribution < 1.29 is 4.74 Å². The first kappa shape index (κ1) is 11.4. The van der Waals surface area contributed by atoms with E-state index in [1.165, 1.54) is 5.56 Å². The number of benzene rings is 1. The standard InChI is InChI=1S/C12H17ClO/c1-5-14-11-7-6-9(8-10(11)13)12(2,3)4/h6-8H,5H2,1-4H3. The summed E-state index contributed by atoms with van der Waals surface area (Å²) in [4.78, 5) is 0. The third-order valence-electron chi connectivity index (χ3n) is 2.10. The van der Waals surface area contributed by atoms with Crippen LogP contribution in [0.4, 0.5) is 0 Å². The van der Waals surface area contributed by atoms with Crippen LogP contribution in [0.3, 0.4) is 0 Å². The molecule has 1 aromatic carbocycles. The number of rotatable bonds is 2. The molecular weight excluding hydrogens is 196 g/mol. The zero-order valence-corrected chi connectivity index (χ0v) is 9.98. The van der Waals surface area contributed by atoms with Crippen molar-refractivity contribution in [2.75, 3.05) is 6.61 Å². The highest BCUT2D eigenvalue weighted by molar-refractivity contribution is 6.32. The Morgan fingerprint density at radius 1 is 1.29 bits per heavy atom. The smallest absolute Gasteiger partial charge is 0.137 e. The maximum atomic E-state index is 6.09. The summed E-state index contributed by atoms with van der Waals surface area (Å²) in [5.74, 6) is 0.766. The molecule has 78 valence electrons. The van der Waals surface area contributed by atoms with Gasteiger partial charge in [0.2, 0.25) is 0 Å². The molecule has 0 fully saturated rings. The summed E-state index contributed by atoms with van der Waals surface area (Å²) >= 11 is 6.09. The van der Waals surface area contributed by atoms with Crippen LogP contribution in [0, 0.1) is 0 Å². The molecule has 0 saturated carbocycles. The summed E-state index contributed by atoms with van der Waals surface area (Å²) in [5, 5.41) is 0.694. The Balaban J connectivity index is 3.01.